The third kappa shape index (κ3) is 4.75. The minimum absolute atomic E-state index is 0.138. The van der Waals surface area contributed by atoms with Gasteiger partial charge in [-0.05, 0) is 35.9 Å². The zero-order valence-corrected chi connectivity index (χ0v) is 12.1. The minimum Gasteiger partial charge on any atom is -0.364 e. The van der Waals surface area contributed by atoms with Crippen LogP contribution in [0.25, 0.3) is 0 Å². The lowest BCUT2D eigenvalue weighted by Gasteiger charge is -2.27. The van der Waals surface area contributed by atoms with Crippen molar-refractivity contribution in [3.8, 4) is 0 Å². The van der Waals surface area contributed by atoms with E-state index in [4.69, 9.17) is 16.3 Å². The van der Waals surface area contributed by atoms with Crippen molar-refractivity contribution in [2.45, 2.75) is 24.4 Å². The van der Waals surface area contributed by atoms with E-state index in [1.165, 1.54) is 24.3 Å². The molecule has 0 bridgehead atoms. The van der Waals surface area contributed by atoms with Gasteiger partial charge in [0.15, 0.2) is 0 Å². The van der Waals surface area contributed by atoms with Crippen molar-refractivity contribution in [3.05, 3.63) is 58.7 Å². The molecule has 0 amide bonds. The highest BCUT2D eigenvalue weighted by atomic mass is 35.5. The van der Waals surface area contributed by atoms with Crippen LogP contribution in [0.2, 0.25) is 0 Å². The van der Waals surface area contributed by atoms with E-state index in [2.05, 4.69) is 6.08 Å². The Morgan fingerprint density at radius 2 is 1.65 bits per heavy atom. The maximum Gasteiger partial charge on any atom is 0.416 e. The standard InChI is InChI=1S/C15H10ClF6O/c16-11-2-1-3-12(23-8-14(17,18)19)13(11)9-4-6-10(7-5-9)15(20,21)22/h2-7,12-13H,8H2. The van der Waals surface area contributed by atoms with Gasteiger partial charge in [0.2, 0.25) is 0 Å². The number of hydrogen-bond donors (Lipinski definition) is 0. The van der Waals surface area contributed by atoms with Crippen LogP contribution in [0.3, 0.4) is 0 Å². The molecule has 2 rings (SSSR count). The molecular formula is C15H10ClF6O. The Balaban J connectivity index is 2.23. The van der Waals surface area contributed by atoms with Crippen LogP contribution in [-0.2, 0) is 10.9 Å². The lowest BCUT2D eigenvalue weighted by molar-refractivity contribution is -0.181. The van der Waals surface area contributed by atoms with E-state index in [1.807, 2.05) is 0 Å². The minimum atomic E-state index is -4.52. The summed E-state index contributed by atoms with van der Waals surface area (Å²) < 4.78 is 79.4. The smallest absolute Gasteiger partial charge is 0.364 e. The zero-order valence-electron chi connectivity index (χ0n) is 11.4. The van der Waals surface area contributed by atoms with Gasteiger partial charge in [0.1, 0.15) is 6.61 Å². The van der Waals surface area contributed by atoms with Crippen LogP contribution in [0, 0.1) is 6.08 Å². The Kier molecular flexibility index (Phi) is 5.10. The first kappa shape index (κ1) is 17.9. The number of allylic oxidation sites excluding steroid dienone is 2. The molecule has 0 spiro atoms. The van der Waals surface area contributed by atoms with Crippen molar-refractivity contribution < 1.29 is 31.1 Å². The topological polar surface area (TPSA) is 9.23 Å². The predicted octanol–water partition coefficient (Wildman–Crippen LogP) is 5.23. The van der Waals surface area contributed by atoms with Gasteiger partial charge in [0.25, 0.3) is 0 Å². The van der Waals surface area contributed by atoms with Crippen LogP contribution >= 0.6 is 11.6 Å². The van der Waals surface area contributed by atoms with Crippen molar-refractivity contribution in [1.82, 2.24) is 0 Å². The van der Waals surface area contributed by atoms with Crippen molar-refractivity contribution in [3.63, 3.8) is 0 Å². The third-order valence-electron chi connectivity index (χ3n) is 3.14. The summed E-state index contributed by atoms with van der Waals surface area (Å²) in [4.78, 5) is 0. The molecule has 1 aliphatic carbocycles. The second-order valence-corrected chi connectivity index (χ2v) is 5.29. The van der Waals surface area contributed by atoms with Crippen molar-refractivity contribution in [2.24, 2.45) is 0 Å². The summed E-state index contributed by atoms with van der Waals surface area (Å²) in [6.45, 7) is -1.49. The Bertz CT molecular complexity index is 600. The molecule has 125 valence electrons. The highest BCUT2D eigenvalue weighted by Gasteiger charge is 2.34. The second kappa shape index (κ2) is 6.57. The maximum atomic E-state index is 12.6. The molecule has 1 aromatic carbocycles. The van der Waals surface area contributed by atoms with Crippen molar-refractivity contribution >= 4 is 11.6 Å². The van der Waals surface area contributed by atoms with Gasteiger partial charge in [-0.3, -0.25) is 0 Å². The van der Waals surface area contributed by atoms with E-state index in [9.17, 15) is 26.3 Å². The Hall–Kier alpha value is -1.47. The first-order valence-electron chi connectivity index (χ1n) is 6.38. The van der Waals surface area contributed by atoms with Gasteiger partial charge >= 0.3 is 12.4 Å². The Morgan fingerprint density at radius 3 is 2.17 bits per heavy atom. The highest BCUT2D eigenvalue weighted by molar-refractivity contribution is 6.30. The van der Waals surface area contributed by atoms with Crippen molar-refractivity contribution in [1.29, 1.82) is 0 Å². The van der Waals surface area contributed by atoms with Gasteiger partial charge in [0.05, 0.1) is 11.7 Å². The van der Waals surface area contributed by atoms with Crippen LogP contribution < -0.4 is 0 Å². The van der Waals surface area contributed by atoms with Gasteiger partial charge in [-0.2, -0.15) is 26.3 Å². The SMILES string of the molecule is FC(F)(F)COC1C=[C]C=C(Cl)C1c1ccc(C(F)(F)F)cc1. The van der Waals surface area contributed by atoms with Gasteiger partial charge in [-0.1, -0.05) is 23.7 Å². The molecule has 1 aromatic rings. The Morgan fingerprint density at radius 1 is 1.04 bits per heavy atom. The summed E-state index contributed by atoms with van der Waals surface area (Å²) in [6.07, 6.45) is -4.91. The molecule has 0 aromatic heterocycles. The molecule has 1 aliphatic rings. The van der Waals surface area contributed by atoms with E-state index in [1.54, 1.807) is 0 Å². The quantitative estimate of drug-likeness (QED) is 0.674. The number of alkyl halides is 6. The largest absolute Gasteiger partial charge is 0.416 e. The van der Waals surface area contributed by atoms with Crippen LogP contribution in [-0.4, -0.2) is 18.9 Å². The molecule has 0 fully saturated rings. The number of halogens is 7. The molecular weight excluding hydrogens is 346 g/mol. The summed E-state index contributed by atoms with van der Waals surface area (Å²) in [7, 11) is 0. The lowest BCUT2D eigenvalue weighted by atomic mass is 9.89. The summed E-state index contributed by atoms with van der Waals surface area (Å²) in [5.74, 6) is -0.817. The molecule has 1 nitrogen and oxygen atoms in total. The molecule has 0 saturated carbocycles. The summed E-state index contributed by atoms with van der Waals surface area (Å²) in [6, 6.07) is 4.05. The fraction of sp³-hybridized carbons (Fsp3) is 0.333. The number of rotatable bonds is 3. The monoisotopic (exact) mass is 355 g/mol. The summed E-state index contributed by atoms with van der Waals surface area (Å²) >= 11 is 5.99. The molecule has 23 heavy (non-hydrogen) atoms. The number of benzene rings is 1. The first-order chi connectivity index (χ1) is 10.6. The van der Waals surface area contributed by atoms with E-state index in [-0.39, 0.29) is 5.03 Å². The van der Waals surface area contributed by atoms with Gasteiger partial charge in [0, 0.05) is 11.0 Å². The summed E-state index contributed by atoms with van der Waals surface area (Å²) in [5.41, 5.74) is -0.531. The van der Waals surface area contributed by atoms with E-state index in [0.717, 1.165) is 12.1 Å². The number of ether oxygens (including phenoxy) is 1. The fourth-order valence-corrected chi connectivity index (χ4v) is 2.44. The molecule has 2 unspecified atom stereocenters. The van der Waals surface area contributed by atoms with Gasteiger partial charge < -0.3 is 4.74 Å². The molecule has 1 radical (unpaired) electrons. The number of hydrogen-bond acceptors (Lipinski definition) is 1. The highest BCUT2D eigenvalue weighted by Crippen LogP contribution is 2.37. The first-order valence-corrected chi connectivity index (χ1v) is 6.76. The van der Waals surface area contributed by atoms with Crippen LogP contribution in [0.5, 0.6) is 0 Å². The van der Waals surface area contributed by atoms with Gasteiger partial charge in [-0.15, -0.1) is 0 Å². The van der Waals surface area contributed by atoms with Crippen LogP contribution in [0.4, 0.5) is 26.3 Å². The normalized spacial score (nSPS) is 22.1. The molecule has 0 saturated heterocycles. The lowest BCUT2D eigenvalue weighted by Crippen LogP contribution is -2.28. The van der Waals surface area contributed by atoms with E-state index >= 15 is 0 Å². The van der Waals surface area contributed by atoms with E-state index in [0.29, 0.717) is 5.56 Å². The third-order valence-corrected chi connectivity index (χ3v) is 3.49. The summed E-state index contributed by atoms with van der Waals surface area (Å²) in [5, 5.41) is 0.138. The van der Waals surface area contributed by atoms with Crippen LogP contribution in [0.15, 0.2) is 41.4 Å². The Labute approximate surface area is 133 Å². The van der Waals surface area contributed by atoms with Gasteiger partial charge in [-0.25, -0.2) is 0 Å². The van der Waals surface area contributed by atoms with Crippen molar-refractivity contribution in [2.75, 3.05) is 6.61 Å². The predicted molar refractivity (Wildman–Crippen MR) is 71.7 cm³/mol. The molecule has 8 heteroatoms. The molecule has 2 atom stereocenters. The average molecular weight is 356 g/mol. The molecule has 0 heterocycles. The zero-order chi connectivity index (χ0) is 17.3. The van der Waals surface area contributed by atoms with Crippen LogP contribution in [0.1, 0.15) is 17.0 Å². The fourth-order valence-electron chi connectivity index (χ4n) is 2.13. The average Bonchev–Trinajstić information content (AvgIpc) is 2.43. The molecule has 0 aliphatic heterocycles. The molecule has 0 N–H and O–H groups in total. The second-order valence-electron chi connectivity index (χ2n) is 4.85. The maximum absolute atomic E-state index is 12.6. The van der Waals surface area contributed by atoms with E-state index < -0.39 is 36.5 Å².